The highest BCUT2D eigenvalue weighted by atomic mass is 16.6. The van der Waals surface area contributed by atoms with E-state index in [1.807, 2.05) is 101 Å². The van der Waals surface area contributed by atoms with Crippen LogP contribution in [0.3, 0.4) is 0 Å². The molecule has 12 heteroatoms. The number of amides is 2. The van der Waals surface area contributed by atoms with Crippen LogP contribution in [0.2, 0.25) is 0 Å². The number of benzene rings is 2. The number of nitrogens with two attached hydrogens (primary N) is 1. The van der Waals surface area contributed by atoms with Crippen molar-refractivity contribution in [2.75, 3.05) is 19.6 Å². The zero-order chi connectivity index (χ0) is 43.0. The Kier molecular flexibility index (Phi) is 24.1. The van der Waals surface area contributed by atoms with Gasteiger partial charge < -0.3 is 46.2 Å². The van der Waals surface area contributed by atoms with Crippen LogP contribution in [0.25, 0.3) is 0 Å². The number of alkyl carbamates (subject to hydrolysis) is 2. The van der Waals surface area contributed by atoms with Crippen LogP contribution >= 0.6 is 0 Å². The number of aliphatic hydroxyl groups is 2. The molecule has 316 valence electrons. The highest BCUT2D eigenvalue weighted by molar-refractivity contribution is 5.68. The van der Waals surface area contributed by atoms with Gasteiger partial charge in [-0.05, 0) is 83.8 Å². The third kappa shape index (κ3) is 26.7. The van der Waals surface area contributed by atoms with Crippen molar-refractivity contribution in [3.8, 4) is 6.07 Å². The standard InChI is InChI=1S/C22H38N2O3.C15H24N2O3.C7H11NO/c1-7-13-22(5,6)16-23-15-19(25)18(14-17-11-9-8-10-12-17)24-20(26)27-21(2,3)4;1-15(2,3)20-14(19)17-12(13(18)10-16)9-11-7-5-4-6-8-11;1-7(2,6-9)4-3-5-8/h8-12,18-19,23,25H,7,13-16H2,1-6H3,(H,24,26);4-8,12-13,18H,9-10,16H2,1-3H3,(H,17,19);6H,3-4H2,1-2H3/t18-,19+;12-,13+;/m00./s1. The van der Waals surface area contributed by atoms with Crippen molar-refractivity contribution in [3.05, 3.63) is 71.8 Å². The normalized spacial score (nSPS) is 13.8. The molecule has 4 atom stereocenters. The maximum Gasteiger partial charge on any atom is 0.407 e. The van der Waals surface area contributed by atoms with Gasteiger partial charge in [0.05, 0.1) is 30.4 Å². The first kappa shape index (κ1) is 52.0. The molecule has 2 aromatic carbocycles. The van der Waals surface area contributed by atoms with E-state index in [2.05, 4.69) is 36.7 Å². The van der Waals surface area contributed by atoms with E-state index in [1.165, 1.54) is 0 Å². The molecule has 0 saturated heterocycles. The molecule has 0 fully saturated rings. The molecule has 12 nitrogen and oxygen atoms in total. The van der Waals surface area contributed by atoms with E-state index in [1.54, 1.807) is 20.8 Å². The summed E-state index contributed by atoms with van der Waals surface area (Å²) in [6.45, 7) is 22.4. The first-order chi connectivity index (χ1) is 26.0. The lowest BCUT2D eigenvalue weighted by Crippen LogP contribution is -2.50. The molecular formula is C44H73N5O7. The van der Waals surface area contributed by atoms with Gasteiger partial charge in [-0.1, -0.05) is 102 Å². The lowest BCUT2D eigenvalue weighted by Gasteiger charge is -2.29. The molecule has 2 aromatic rings. The predicted molar refractivity (Wildman–Crippen MR) is 224 cm³/mol. The molecule has 7 N–H and O–H groups in total. The number of nitrogens with zero attached hydrogens (tertiary/aromatic N) is 1. The van der Waals surface area contributed by atoms with Crippen molar-refractivity contribution >= 4 is 18.5 Å². The van der Waals surface area contributed by atoms with Gasteiger partial charge in [0.15, 0.2) is 0 Å². The summed E-state index contributed by atoms with van der Waals surface area (Å²) in [5, 5.41) is 37.7. The topological polar surface area (TPSA) is 196 Å². The molecular weight excluding hydrogens is 711 g/mol. The minimum absolute atomic E-state index is 0.0767. The fraction of sp³-hybridized carbons (Fsp3) is 0.636. The molecule has 0 bridgehead atoms. The molecule has 0 aliphatic heterocycles. The number of carbonyl (C=O) groups excluding carboxylic acids is 3. The first-order valence-corrected chi connectivity index (χ1v) is 19.6. The van der Waals surface area contributed by atoms with Crippen LogP contribution in [0.15, 0.2) is 60.7 Å². The van der Waals surface area contributed by atoms with Gasteiger partial charge in [0, 0.05) is 31.5 Å². The number of carbonyl (C=O) groups is 3. The summed E-state index contributed by atoms with van der Waals surface area (Å²) in [5.74, 6) is 0. The Morgan fingerprint density at radius 3 is 1.55 bits per heavy atom. The Balaban J connectivity index is 0.000000911. The van der Waals surface area contributed by atoms with Gasteiger partial charge in [0.2, 0.25) is 0 Å². The predicted octanol–water partition coefficient (Wildman–Crippen LogP) is 6.86. The third-order valence-electron chi connectivity index (χ3n) is 8.26. The van der Waals surface area contributed by atoms with Crippen molar-refractivity contribution in [1.82, 2.24) is 16.0 Å². The Morgan fingerprint density at radius 2 is 1.20 bits per heavy atom. The van der Waals surface area contributed by atoms with Gasteiger partial charge in [-0.3, -0.25) is 0 Å². The largest absolute Gasteiger partial charge is 0.444 e. The van der Waals surface area contributed by atoms with Crippen LogP contribution in [0.5, 0.6) is 0 Å². The van der Waals surface area contributed by atoms with Gasteiger partial charge in [0.1, 0.15) is 17.5 Å². The van der Waals surface area contributed by atoms with E-state index in [-0.39, 0.29) is 17.4 Å². The quantitative estimate of drug-likeness (QED) is 0.0870. The van der Waals surface area contributed by atoms with Gasteiger partial charge in [0.25, 0.3) is 0 Å². The van der Waals surface area contributed by atoms with Crippen molar-refractivity contribution < 1.29 is 34.1 Å². The first-order valence-electron chi connectivity index (χ1n) is 19.6. The second-order valence-corrected chi connectivity index (χ2v) is 17.6. The molecule has 0 aromatic heterocycles. The summed E-state index contributed by atoms with van der Waals surface area (Å²) in [4.78, 5) is 34.2. The summed E-state index contributed by atoms with van der Waals surface area (Å²) in [7, 11) is 0. The number of hydrogen-bond donors (Lipinski definition) is 6. The Bertz CT molecular complexity index is 1420. The van der Waals surface area contributed by atoms with Gasteiger partial charge in [-0.25, -0.2) is 9.59 Å². The van der Waals surface area contributed by atoms with Crippen LogP contribution in [0, 0.1) is 22.2 Å². The van der Waals surface area contributed by atoms with Gasteiger partial charge in [-0.2, -0.15) is 5.26 Å². The molecule has 0 saturated carbocycles. The number of aldehydes is 1. The summed E-state index contributed by atoms with van der Waals surface area (Å²) in [6, 6.07) is 20.6. The summed E-state index contributed by atoms with van der Waals surface area (Å²) < 4.78 is 10.6. The highest BCUT2D eigenvalue weighted by Gasteiger charge is 2.27. The second-order valence-electron chi connectivity index (χ2n) is 17.6. The van der Waals surface area contributed by atoms with Crippen LogP contribution < -0.4 is 21.7 Å². The van der Waals surface area contributed by atoms with Crippen LogP contribution in [-0.4, -0.2) is 83.8 Å². The van der Waals surface area contributed by atoms with E-state index in [9.17, 15) is 24.6 Å². The fourth-order valence-electron chi connectivity index (χ4n) is 5.29. The summed E-state index contributed by atoms with van der Waals surface area (Å²) in [6.07, 6.45) is 2.73. The number of ether oxygens (including phenoxy) is 2. The van der Waals surface area contributed by atoms with Crippen LogP contribution in [0.4, 0.5) is 9.59 Å². The number of aliphatic hydroxyl groups excluding tert-OH is 2. The zero-order valence-corrected chi connectivity index (χ0v) is 36.0. The van der Waals surface area contributed by atoms with E-state index in [4.69, 9.17) is 20.5 Å². The van der Waals surface area contributed by atoms with E-state index < -0.39 is 47.7 Å². The molecule has 56 heavy (non-hydrogen) atoms. The fourth-order valence-corrected chi connectivity index (χ4v) is 5.29. The molecule has 2 rings (SSSR count). The zero-order valence-electron chi connectivity index (χ0n) is 36.0. The highest BCUT2D eigenvalue weighted by Crippen LogP contribution is 2.21. The maximum absolute atomic E-state index is 12.2. The Morgan fingerprint density at radius 1 is 0.768 bits per heavy atom. The lowest BCUT2D eigenvalue weighted by atomic mass is 9.88. The van der Waals surface area contributed by atoms with Gasteiger partial charge in [-0.15, -0.1) is 0 Å². The molecule has 2 amide bonds. The minimum Gasteiger partial charge on any atom is -0.444 e. The van der Waals surface area contributed by atoms with Crippen LogP contribution in [-0.2, 0) is 27.1 Å². The van der Waals surface area contributed by atoms with Crippen LogP contribution in [0.1, 0.15) is 113 Å². The molecule has 0 unspecified atom stereocenters. The smallest absolute Gasteiger partial charge is 0.407 e. The van der Waals surface area contributed by atoms with Crippen molar-refractivity contribution in [1.29, 1.82) is 5.26 Å². The molecule has 0 heterocycles. The number of nitriles is 1. The molecule has 0 radical (unpaired) electrons. The Labute approximate surface area is 337 Å². The third-order valence-corrected chi connectivity index (χ3v) is 8.26. The molecule has 0 aliphatic carbocycles. The molecule has 0 aliphatic rings. The van der Waals surface area contributed by atoms with Crippen molar-refractivity contribution in [2.24, 2.45) is 16.6 Å². The van der Waals surface area contributed by atoms with Crippen molar-refractivity contribution in [2.45, 2.75) is 150 Å². The SMILES string of the molecule is CC(C)(C)OC(=O)N[C@@H](Cc1ccccc1)[C@H](O)CN.CC(C)(C=O)CCC#N.CCCC(C)(C)CNC[C@@H](O)[C@H](Cc1ccccc1)NC(=O)OC(C)(C)C. The van der Waals surface area contributed by atoms with E-state index in [0.717, 1.165) is 36.8 Å². The summed E-state index contributed by atoms with van der Waals surface area (Å²) in [5.41, 5.74) is 6.29. The number of nitrogens with one attached hydrogen (secondary N) is 3. The average Bonchev–Trinajstić information content (AvgIpc) is 3.09. The average molecular weight is 784 g/mol. The maximum atomic E-state index is 12.2. The van der Waals surface area contributed by atoms with Gasteiger partial charge >= 0.3 is 12.2 Å². The minimum atomic E-state index is -0.817. The van der Waals surface area contributed by atoms with E-state index in [0.29, 0.717) is 32.2 Å². The molecule has 0 spiro atoms. The second kappa shape index (κ2) is 26.0. The summed E-state index contributed by atoms with van der Waals surface area (Å²) >= 11 is 0. The van der Waals surface area contributed by atoms with E-state index >= 15 is 0 Å². The lowest BCUT2D eigenvalue weighted by molar-refractivity contribution is -0.114. The Hall–Kier alpha value is -4.02. The monoisotopic (exact) mass is 784 g/mol. The number of hydrogen-bond acceptors (Lipinski definition) is 10. The number of rotatable bonds is 18. The van der Waals surface area contributed by atoms with Crippen molar-refractivity contribution in [3.63, 3.8) is 0 Å².